The quantitative estimate of drug-likeness (QED) is 0.790. The average molecular weight is 319 g/mol. The Morgan fingerprint density at radius 1 is 1.35 bits per heavy atom. The summed E-state index contributed by atoms with van der Waals surface area (Å²) in [4.78, 5) is 26.8. The van der Waals surface area contributed by atoms with Crippen LogP contribution in [-0.2, 0) is 4.79 Å². The van der Waals surface area contributed by atoms with E-state index in [-0.39, 0.29) is 28.3 Å². The largest absolute Gasteiger partial charge is 0.481 e. The fourth-order valence-electron chi connectivity index (χ4n) is 1.72. The van der Waals surface area contributed by atoms with Crippen molar-refractivity contribution in [3.63, 3.8) is 0 Å². The van der Waals surface area contributed by atoms with Crippen LogP contribution in [0.15, 0.2) is 12.1 Å². The molecule has 1 rings (SSSR count). The number of carboxylic acid groups (broad SMARTS) is 1. The number of rotatable bonds is 6. The number of halogens is 2. The predicted octanol–water partition coefficient (Wildman–Crippen LogP) is 2.87. The van der Waals surface area contributed by atoms with E-state index in [2.05, 4.69) is 10.3 Å². The van der Waals surface area contributed by atoms with Crippen molar-refractivity contribution in [3.05, 3.63) is 28.0 Å². The standard InChI is InChI=1S/C13H16Cl2N2O3/c1-7(2)5-8(13(19)20)6-16-12(18)11-9(14)3-4-10(15)17-11/h3-4,7-8H,5-6H2,1-2H3,(H,16,18)(H,19,20). The van der Waals surface area contributed by atoms with Crippen molar-refractivity contribution in [2.45, 2.75) is 20.3 Å². The van der Waals surface area contributed by atoms with Gasteiger partial charge in [-0.05, 0) is 24.5 Å². The summed E-state index contributed by atoms with van der Waals surface area (Å²) in [5.74, 6) is -1.89. The van der Waals surface area contributed by atoms with Gasteiger partial charge in [0.1, 0.15) is 10.8 Å². The van der Waals surface area contributed by atoms with Crippen molar-refractivity contribution in [3.8, 4) is 0 Å². The van der Waals surface area contributed by atoms with Crippen molar-refractivity contribution in [2.24, 2.45) is 11.8 Å². The van der Waals surface area contributed by atoms with Crippen LogP contribution in [-0.4, -0.2) is 28.5 Å². The Labute approximate surface area is 127 Å². The number of hydrogen-bond donors (Lipinski definition) is 2. The molecule has 0 radical (unpaired) electrons. The lowest BCUT2D eigenvalue weighted by molar-refractivity contribution is -0.142. The molecule has 1 atom stereocenters. The zero-order valence-electron chi connectivity index (χ0n) is 11.2. The average Bonchev–Trinajstić information content (AvgIpc) is 2.36. The van der Waals surface area contributed by atoms with Gasteiger partial charge in [-0.25, -0.2) is 4.98 Å². The molecular formula is C13H16Cl2N2O3. The minimum atomic E-state index is -0.941. The first kappa shape index (κ1) is 16.7. The molecule has 1 aromatic heterocycles. The Morgan fingerprint density at radius 2 is 2.00 bits per heavy atom. The van der Waals surface area contributed by atoms with E-state index in [1.54, 1.807) is 0 Å². The monoisotopic (exact) mass is 318 g/mol. The number of aromatic nitrogens is 1. The molecule has 1 amide bonds. The van der Waals surface area contributed by atoms with Crippen molar-refractivity contribution in [1.82, 2.24) is 10.3 Å². The van der Waals surface area contributed by atoms with Gasteiger partial charge in [-0.1, -0.05) is 37.0 Å². The summed E-state index contributed by atoms with van der Waals surface area (Å²) in [6.07, 6.45) is 0.478. The predicted molar refractivity (Wildman–Crippen MR) is 77.2 cm³/mol. The number of carbonyl (C=O) groups is 2. The van der Waals surface area contributed by atoms with E-state index in [0.717, 1.165) is 0 Å². The van der Waals surface area contributed by atoms with Gasteiger partial charge in [0.15, 0.2) is 0 Å². The third kappa shape index (κ3) is 4.98. The maximum atomic E-state index is 11.9. The summed E-state index contributed by atoms with van der Waals surface area (Å²) >= 11 is 11.6. The summed E-state index contributed by atoms with van der Waals surface area (Å²) in [6.45, 7) is 3.87. The molecule has 0 aromatic carbocycles. The molecular weight excluding hydrogens is 303 g/mol. The topological polar surface area (TPSA) is 79.3 Å². The minimum absolute atomic E-state index is 0.00662. The molecule has 20 heavy (non-hydrogen) atoms. The number of amides is 1. The number of nitrogens with zero attached hydrogens (tertiary/aromatic N) is 1. The summed E-state index contributed by atoms with van der Waals surface area (Å²) in [7, 11) is 0. The number of hydrogen-bond acceptors (Lipinski definition) is 3. The van der Waals surface area contributed by atoms with Gasteiger partial charge in [0.25, 0.3) is 5.91 Å². The molecule has 0 fully saturated rings. The minimum Gasteiger partial charge on any atom is -0.481 e. The highest BCUT2D eigenvalue weighted by Gasteiger charge is 2.21. The molecule has 2 N–H and O–H groups in total. The van der Waals surface area contributed by atoms with Crippen LogP contribution in [0.25, 0.3) is 0 Å². The third-order valence-electron chi connectivity index (χ3n) is 2.64. The number of carbonyl (C=O) groups excluding carboxylic acids is 1. The Balaban J connectivity index is 2.70. The van der Waals surface area contributed by atoms with Gasteiger partial charge in [-0.2, -0.15) is 0 Å². The first-order chi connectivity index (χ1) is 9.31. The van der Waals surface area contributed by atoms with Gasteiger partial charge in [-0.15, -0.1) is 0 Å². The maximum Gasteiger partial charge on any atom is 0.308 e. The fraction of sp³-hybridized carbons (Fsp3) is 0.462. The van der Waals surface area contributed by atoms with Gasteiger partial charge < -0.3 is 10.4 Å². The van der Waals surface area contributed by atoms with E-state index in [1.807, 2.05) is 13.8 Å². The molecule has 0 saturated heterocycles. The first-order valence-electron chi connectivity index (χ1n) is 6.14. The molecule has 0 saturated carbocycles. The lowest BCUT2D eigenvalue weighted by atomic mass is 9.97. The van der Waals surface area contributed by atoms with Crippen LogP contribution in [0.5, 0.6) is 0 Å². The Hall–Kier alpha value is -1.33. The van der Waals surface area contributed by atoms with Gasteiger partial charge in [0.05, 0.1) is 10.9 Å². The summed E-state index contributed by atoms with van der Waals surface area (Å²) < 4.78 is 0. The van der Waals surface area contributed by atoms with Gasteiger partial charge in [0, 0.05) is 6.54 Å². The Morgan fingerprint density at radius 3 is 2.55 bits per heavy atom. The van der Waals surface area contributed by atoms with E-state index >= 15 is 0 Å². The van der Waals surface area contributed by atoms with Gasteiger partial charge >= 0.3 is 5.97 Å². The summed E-state index contributed by atoms with van der Waals surface area (Å²) in [5.41, 5.74) is -0.00662. The van der Waals surface area contributed by atoms with Crippen molar-refractivity contribution in [1.29, 1.82) is 0 Å². The van der Waals surface area contributed by atoms with Crippen LogP contribution in [0.3, 0.4) is 0 Å². The Bertz CT molecular complexity index is 506. The van der Waals surface area contributed by atoms with E-state index in [1.165, 1.54) is 12.1 Å². The number of nitrogens with one attached hydrogen (secondary N) is 1. The second-order valence-corrected chi connectivity index (χ2v) is 5.63. The number of pyridine rings is 1. The highest BCUT2D eigenvalue weighted by atomic mass is 35.5. The van der Waals surface area contributed by atoms with Crippen LogP contribution < -0.4 is 5.32 Å². The van der Waals surface area contributed by atoms with Crippen molar-refractivity contribution in [2.75, 3.05) is 6.54 Å². The van der Waals surface area contributed by atoms with Crippen LogP contribution in [0.2, 0.25) is 10.2 Å². The van der Waals surface area contributed by atoms with Crippen LogP contribution >= 0.6 is 23.2 Å². The fourth-order valence-corrected chi connectivity index (χ4v) is 2.06. The highest BCUT2D eigenvalue weighted by molar-refractivity contribution is 6.34. The van der Waals surface area contributed by atoms with Gasteiger partial charge in [-0.3, -0.25) is 9.59 Å². The van der Waals surface area contributed by atoms with Crippen molar-refractivity contribution < 1.29 is 14.7 Å². The van der Waals surface area contributed by atoms with Gasteiger partial charge in [0.2, 0.25) is 0 Å². The molecule has 0 aliphatic carbocycles. The van der Waals surface area contributed by atoms with E-state index < -0.39 is 17.8 Å². The molecule has 110 valence electrons. The van der Waals surface area contributed by atoms with Crippen LogP contribution in [0.4, 0.5) is 0 Å². The SMILES string of the molecule is CC(C)CC(CNC(=O)c1nc(Cl)ccc1Cl)C(=O)O. The molecule has 0 bridgehead atoms. The molecule has 1 aromatic rings. The lowest BCUT2D eigenvalue weighted by Gasteiger charge is -2.15. The smallest absolute Gasteiger partial charge is 0.308 e. The van der Waals surface area contributed by atoms with E-state index in [0.29, 0.717) is 6.42 Å². The second kappa shape index (κ2) is 7.45. The number of carboxylic acids is 1. The molecule has 1 heterocycles. The molecule has 0 aliphatic heterocycles. The molecule has 7 heteroatoms. The Kier molecular flexibility index (Phi) is 6.23. The normalized spacial score (nSPS) is 12.2. The molecule has 0 aliphatic rings. The maximum absolute atomic E-state index is 11.9. The molecule has 5 nitrogen and oxygen atoms in total. The van der Waals surface area contributed by atoms with Crippen LogP contribution in [0.1, 0.15) is 30.8 Å². The molecule has 1 unspecified atom stereocenters. The number of aliphatic carboxylic acids is 1. The highest BCUT2D eigenvalue weighted by Crippen LogP contribution is 2.17. The lowest BCUT2D eigenvalue weighted by Crippen LogP contribution is -2.34. The van der Waals surface area contributed by atoms with E-state index in [4.69, 9.17) is 28.3 Å². The zero-order valence-corrected chi connectivity index (χ0v) is 12.7. The van der Waals surface area contributed by atoms with E-state index in [9.17, 15) is 9.59 Å². The second-order valence-electron chi connectivity index (χ2n) is 4.84. The zero-order chi connectivity index (χ0) is 15.3. The summed E-state index contributed by atoms with van der Waals surface area (Å²) in [6, 6.07) is 2.94. The third-order valence-corrected chi connectivity index (χ3v) is 3.16. The summed E-state index contributed by atoms with van der Waals surface area (Å²) in [5, 5.41) is 11.9. The first-order valence-corrected chi connectivity index (χ1v) is 6.90. The van der Waals surface area contributed by atoms with Crippen molar-refractivity contribution >= 4 is 35.1 Å². The molecule has 0 spiro atoms. The van der Waals surface area contributed by atoms with Crippen LogP contribution in [0, 0.1) is 11.8 Å².